The maximum atomic E-state index is 12.5. The summed E-state index contributed by atoms with van der Waals surface area (Å²) in [6.07, 6.45) is 74.8. The van der Waals surface area contributed by atoms with Crippen LogP contribution in [0, 0.1) is 0 Å². The van der Waals surface area contributed by atoms with Crippen molar-refractivity contribution >= 4 is 11.9 Å². The standard InChI is InChI=1S/C65H125NO5/c1-3-5-7-9-11-13-15-17-18-19-20-21-22-23-24-25-27-30-34-37-41-45-49-53-57-63(68)62(61-67)66-64(69)58-54-50-46-42-38-35-31-28-26-29-32-36-40-44-48-52-56-60-71-65(70)59-55-51-47-43-39-33-16-14-12-10-8-6-4-2/h8,10,14,16,62-63,67-68H,3-7,9,11-13,15,17-61H2,1-2H3,(H,66,69)/b10-8-,16-14-. The third-order valence-electron chi connectivity index (χ3n) is 15.0. The maximum Gasteiger partial charge on any atom is 0.305 e. The van der Waals surface area contributed by atoms with E-state index in [0.717, 1.165) is 51.4 Å². The topological polar surface area (TPSA) is 95.9 Å². The molecule has 2 unspecified atom stereocenters. The van der Waals surface area contributed by atoms with Crippen LogP contribution in [-0.2, 0) is 14.3 Å². The number of carbonyl (C=O) groups excluding carboxylic acids is 2. The molecule has 0 aliphatic carbocycles. The Morgan fingerprint density at radius 1 is 0.394 bits per heavy atom. The van der Waals surface area contributed by atoms with Crippen LogP contribution in [0.5, 0.6) is 0 Å². The van der Waals surface area contributed by atoms with Crippen molar-refractivity contribution < 1.29 is 24.5 Å². The number of amides is 1. The van der Waals surface area contributed by atoms with E-state index in [1.165, 1.54) is 270 Å². The molecule has 0 spiro atoms. The summed E-state index contributed by atoms with van der Waals surface area (Å²) in [4.78, 5) is 24.6. The van der Waals surface area contributed by atoms with Crippen LogP contribution < -0.4 is 5.32 Å². The van der Waals surface area contributed by atoms with Gasteiger partial charge in [-0.3, -0.25) is 9.59 Å². The van der Waals surface area contributed by atoms with Crippen molar-refractivity contribution in [2.75, 3.05) is 13.2 Å². The highest BCUT2D eigenvalue weighted by atomic mass is 16.5. The normalized spacial score (nSPS) is 12.7. The summed E-state index contributed by atoms with van der Waals surface area (Å²) in [5.41, 5.74) is 0. The van der Waals surface area contributed by atoms with E-state index in [0.29, 0.717) is 25.9 Å². The Morgan fingerprint density at radius 3 is 1.13 bits per heavy atom. The maximum absolute atomic E-state index is 12.5. The molecular weight excluding hydrogens is 875 g/mol. The highest BCUT2D eigenvalue weighted by molar-refractivity contribution is 5.76. The van der Waals surface area contributed by atoms with Gasteiger partial charge in [0.25, 0.3) is 0 Å². The second-order valence-electron chi connectivity index (χ2n) is 22.1. The van der Waals surface area contributed by atoms with Gasteiger partial charge in [-0.05, 0) is 51.4 Å². The molecule has 3 N–H and O–H groups in total. The van der Waals surface area contributed by atoms with Gasteiger partial charge in [0.2, 0.25) is 5.91 Å². The Kier molecular flexibility index (Phi) is 59.5. The van der Waals surface area contributed by atoms with Crippen molar-refractivity contribution in [1.29, 1.82) is 0 Å². The van der Waals surface area contributed by atoms with Gasteiger partial charge in [0.15, 0.2) is 0 Å². The van der Waals surface area contributed by atoms with Crippen molar-refractivity contribution in [3.05, 3.63) is 24.3 Å². The van der Waals surface area contributed by atoms with Crippen LogP contribution in [-0.4, -0.2) is 47.4 Å². The van der Waals surface area contributed by atoms with Gasteiger partial charge in [0, 0.05) is 12.8 Å². The lowest BCUT2D eigenvalue weighted by Gasteiger charge is -2.22. The molecule has 1 amide bonds. The Balaban J connectivity index is 3.42. The number of aliphatic hydroxyl groups is 2. The van der Waals surface area contributed by atoms with Gasteiger partial charge in [0.05, 0.1) is 25.4 Å². The van der Waals surface area contributed by atoms with Crippen LogP contribution in [0.2, 0.25) is 0 Å². The Labute approximate surface area is 443 Å². The molecule has 0 saturated heterocycles. The van der Waals surface area contributed by atoms with Gasteiger partial charge < -0.3 is 20.3 Å². The fourth-order valence-electron chi connectivity index (χ4n) is 10.1. The second-order valence-corrected chi connectivity index (χ2v) is 22.1. The molecule has 0 aromatic heterocycles. The van der Waals surface area contributed by atoms with E-state index in [9.17, 15) is 19.8 Å². The van der Waals surface area contributed by atoms with E-state index >= 15 is 0 Å². The van der Waals surface area contributed by atoms with Crippen molar-refractivity contribution in [3.63, 3.8) is 0 Å². The number of ether oxygens (including phenoxy) is 1. The fraction of sp³-hybridized carbons (Fsp3) is 0.908. The van der Waals surface area contributed by atoms with Crippen molar-refractivity contribution in [2.24, 2.45) is 0 Å². The quantitative estimate of drug-likeness (QED) is 0.0320. The van der Waals surface area contributed by atoms with Gasteiger partial charge in [-0.1, -0.05) is 314 Å². The van der Waals surface area contributed by atoms with E-state index in [1.54, 1.807) is 0 Å². The first kappa shape index (κ1) is 69.3. The summed E-state index contributed by atoms with van der Waals surface area (Å²) in [6, 6.07) is -0.547. The van der Waals surface area contributed by atoms with Crippen molar-refractivity contribution in [3.8, 4) is 0 Å². The molecule has 0 radical (unpaired) electrons. The average molecular weight is 1000 g/mol. The molecule has 0 aromatic carbocycles. The SMILES string of the molecule is CCC/C=C\C/C=C\CCCCCCCC(=O)OCCCCCCCCCCCCCCCCCCCC(=O)NC(CO)C(O)CCCCCCCCCCCCCCCCCCCCCCCCCC. The van der Waals surface area contributed by atoms with Crippen molar-refractivity contribution in [1.82, 2.24) is 5.32 Å². The Hall–Kier alpha value is -1.66. The Bertz CT molecular complexity index is 1110. The first-order valence-electron chi connectivity index (χ1n) is 32.1. The highest BCUT2D eigenvalue weighted by Gasteiger charge is 2.20. The van der Waals surface area contributed by atoms with Crippen molar-refractivity contribution in [2.45, 2.75) is 366 Å². The number of hydrogen-bond acceptors (Lipinski definition) is 5. The molecule has 0 rings (SSSR count). The molecule has 0 fully saturated rings. The zero-order valence-corrected chi connectivity index (χ0v) is 48.0. The predicted octanol–water partition coefficient (Wildman–Crippen LogP) is 20.2. The summed E-state index contributed by atoms with van der Waals surface area (Å²) < 4.78 is 5.47. The smallest absolute Gasteiger partial charge is 0.305 e. The third kappa shape index (κ3) is 57.5. The number of unbranched alkanes of at least 4 members (excludes halogenated alkanes) is 45. The second kappa shape index (κ2) is 60.9. The number of allylic oxidation sites excluding steroid dienone is 4. The van der Waals surface area contributed by atoms with E-state index in [4.69, 9.17) is 4.74 Å². The van der Waals surface area contributed by atoms with Gasteiger partial charge >= 0.3 is 5.97 Å². The van der Waals surface area contributed by atoms with Crippen LogP contribution in [0.15, 0.2) is 24.3 Å². The summed E-state index contributed by atoms with van der Waals surface area (Å²) in [6.45, 7) is 4.90. The van der Waals surface area contributed by atoms with E-state index < -0.39 is 12.1 Å². The number of esters is 1. The number of hydrogen-bond donors (Lipinski definition) is 3. The molecule has 420 valence electrons. The largest absolute Gasteiger partial charge is 0.466 e. The molecule has 0 saturated carbocycles. The molecule has 0 aromatic rings. The lowest BCUT2D eigenvalue weighted by Crippen LogP contribution is -2.45. The lowest BCUT2D eigenvalue weighted by atomic mass is 10.0. The summed E-state index contributed by atoms with van der Waals surface area (Å²) in [5, 5.41) is 23.4. The van der Waals surface area contributed by atoms with Crippen LogP contribution >= 0.6 is 0 Å². The average Bonchev–Trinajstić information content (AvgIpc) is 3.37. The Morgan fingerprint density at radius 2 is 0.732 bits per heavy atom. The first-order valence-corrected chi connectivity index (χ1v) is 32.1. The molecule has 0 aliphatic heterocycles. The highest BCUT2D eigenvalue weighted by Crippen LogP contribution is 2.18. The van der Waals surface area contributed by atoms with Gasteiger partial charge in [-0.15, -0.1) is 0 Å². The lowest BCUT2D eigenvalue weighted by molar-refractivity contribution is -0.143. The van der Waals surface area contributed by atoms with Gasteiger partial charge in [-0.2, -0.15) is 0 Å². The molecule has 0 aliphatic rings. The van der Waals surface area contributed by atoms with Gasteiger partial charge in [-0.25, -0.2) is 0 Å². The zero-order chi connectivity index (χ0) is 51.4. The summed E-state index contributed by atoms with van der Waals surface area (Å²) in [7, 11) is 0. The van der Waals surface area contributed by atoms with Gasteiger partial charge in [0.1, 0.15) is 0 Å². The molecule has 6 nitrogen and oxygen atoms in total. The molecule has 0 bridgehead atoms. The number of rotatable bonds is 60. The molecular formula is C65H125NO5. The predicted molar refractivity (Wildman–Crippen MR) is 310 cm³/mol. The summed E-state index contributed by atoms with van der Waals surface area (Å²) >= 11 is 0. The minimum atomic E-state index is -0.670. The molecule has 2 atom stereocenters. The van der Waals surface area contributed by atoms with E-state index in [2.05, 4.69) is 43.5 Å². The molecule has 0 heterocycles. The minimum absolute atomic E-state index is 0.00909. The van der Waals surface area contributed by atoms with Crippen LogP contribution in [0.1, 0.15) is 354 Å². The summed E-state index contributed by atoms with van der Waals surface area (Å²) in [5.74, 6) is -0.0458. The fourth-order valence-corrected chi connectivity index (χ4v) is 10.1. The minimum Gasteiger partial charge on any atom is -0.466 e. The zero-order valence-electron chi connectivity index (χ0n) is 48.0. The number of carbonyl (C=O) groups is 2. The number of nitrogens with one attached hydrogen (secondary N) is 1. The van der Waals surface area contributed by atoms with E-state index in [1.807, 2.05) is 0 Å². The molecule has 71 heavy (non-hydrogen) atoms. The number of aliphatic hydroxyl groups excluding tert-OH is 2. The molecule has 6 heteroatoms. The third-order valence-corrected chi connectivity index (χ3v) is 15.0. The van der Waals surface area contributed by atoms with Crippen LogP contribution in [0.4, 0.5) is 0 Å². The first-order chi connectivity index (χ1) is 35.0. The van der Waals surface area contributed by atoms with Crippen LogP contribution in [0.25, 0.3) is 0 Å². The van der Waals surface area contributed by atoms with Crippen LogP contribution in [0.3, 0.4) is 0 Å². The monoisotopic (exact) mass is 1000 g/mol. The van der Waals surface area contributed by atoms with E-state index in [-0.39, 0.29) is 18.5 Å².